The fourth-order valence-corrected chi connectivity index (χ4v) is 0. The van der Waals surface area contributed by atoms with Gasteiger partial charge in [0.15, 0.2) is 0 Å². The van der Waals surface area contributed by atoms with Crippen molar-refractivity contribution in [2.45, 2.75) is 0 Å². The maximum atomic E-state index is 7.50. The van der Waals surface area contributed by atoms with E-state index in [0.717, 1.165) is 0 Å². The number of carbonyl (C=O) groups excluding carboxylic acids is 2. The summed E-state index contributed by atoms with van der Waals surface area (Å²) in [6, 6.07) is 0. The first-order chi connectivity index (χ1) is 3.41. The van der Waals surface area contributed by atoms with Gasteiger partial charge in [0.2, 0.25) is 0 Å². The van der Waals surface area contributed by atoms with Crippen LogP contribution >= 0.6 is 20.2 Å². The second-order valence-corrected chi connectivity index (χ2v) is 1.87. The number of hydrogen-bond donors (Lipinski definition) is 0. The number of halogens is 2. The van der Waals surface area contributed by atoms with E-state index < -0.39 is 0 Å². The molecule has 0 aliphatic rings. The van der Waals surface area contributed by atoms with Crippen LogP contribution in [0.3, 0.4) is 0 Å². The molecule has 0 atom stereocenters. The monoisotopic (exact) mass is 182 g/mol. The van der Waals surface area contributed by atoms with Gasteiger partial charge in [0.25, 0.3) is 13.6 Å². The molecule has 0 aliphatic carbocycles. The predicted molar refractivity (Wildman–Crippen MR) is 23.1 cm³/mol. The molecule has 0 fully saturated rings. The van der Waals surface area contributed by atoms with E-state index in [2.05, 4.69) is 13.6 Å². The fraction of sp³-hybridized carbons (Fsp3) is 0. The molecule has 0 aromatic heterocycles. The van der Waals surface area contributed by atoms with Crippen LogP contribution in [0.2, 0.25) is 0 Å². The van der Waals surface area contributed by atoms with Crippen molar-refractivity contribution in [3.8, 4) is 0 Å². The number of hydrogen-bond acceptors (Lipinski definition) is 2. The van der Waals surface area contributed by atoms with Crippen LogP contribution in [-0.2, 0) is 22.7 Å². The van der Waals surface area contributed by atoms with Crippen molar-refractivity contribution in [2.75, 3.05) is 0 Å². The van der Waals surface area contributed by atoms with E-state index in [1.54, 1.807) is 0 Å². The third-order valence-corrected chi connectivity index (χ3v) is 0. The molecule has 7 heavy (non-hydrogen) atoms. The Morgan fingerprint density at radius 2 is 1.00 bits per heavy atom. The molecule has 42 valence electrons. The normalized spacial score (nSPS) is 4.29. The van der Waals surface area contributed by atoms with Gasteiger partial charge in [-0.15, -0.1) is 0 Å². The van der Waals surface area contributed by atoms with E-state index in [1.807, 2.05) is 0 Å². The molecule has 5 heteroatoms. The van der Waals surface area contributed by atoms with Gasteiger partial charge in [-0.2, -0.15) is 0 Å². The third-order valence-electron chi connectivity index (χ3n) is 0. The van der Waals surface area contributed by atoms with Gasteiger partial charge in [0, 0.05) is 0 Å². The molecule has 4 radical (unpaired) electrons. The molecular formula is C2Cl2FeO2. The minimum atomic E-state index is 0.194. The van der Waals surface area contributed by atoms with Gasteiger partial charge in [-0.25, -0.2) is 0 Å². The maximum absolute atomic E-state index is 7.50. The predicted octanol–water partition coefficient (Wildman–Crippen LogP) is 0.582. The van der Waals surface area contributed by atoms with Crippen molar-refractivity contribution in [1.82, 2.24) is 0 Å². The Kier molecular flexibility index (Phi) is 206. The van der Waals surface area contributed by atoms with Gasteiger partial charge in [-0.1, -0.05) is 0 Å². The van der Waals surface area contributed by atoms with Crippen LogP contribution in [0.1, 0.15) is 0 Å². The average molecular weight is 183 g/mol. The first-order valence-electron chi connectivity index (χ1n) is 0.676. The van der Waals surface area contributed by atoms with Crippen LogP contribution in [-0.4, -0.2) is 13.6 Å². The minimum absolute atomic E-state index is 0.194. The summed E-state index contributed by atoms with van der Waals surface area (Å²) in [5, 5.41) is 0. The van der Waals surface area contributed by atoms with E-state index in [4.69, 9.17) is 29.8 Å². The molecule has 0 aromatic rings. The summed E-state index contributed by atoms with van der Waals surface area (Å²) in [7, 11) is 9.53. The van der Waals surface area contributed by atoms with Crippen LogP contribution in [0.5, 0.6) is 0 Å². The quantitative estimate of drug-likeness (QED) is 0.514. The SMILES string of the molecule is [C]=O.[C]=O.[Cl][Fe][Cl]. The molecule has 0 heterocycles. The standard InChI is InChI=1S/2CO.2ClH.Fe/c2*1-2;;;/h;;2*1H;/q;;;;+2/p-2. The summed E-state index contributed by atoms with van der Waals surface area (Å²) in [5.74, 6) is 0. The van der Waals surface area contributed by atoms with Crippen LogP contribution in [0.4, 0.5) is 0 Å². The van der Waals surface area contributed by atoms with E-state index in [1.165, 1.54) is 0 Å². The molecule has 0 aliphatic heterocycles. The first-order valence-corrected chi connectivity index (χ1v) is 3.71. The second-order valence-electron chi connectivity index (χ2n) is 0.0505. The van der Waals surface area contributed by atoms with Crippen LogP contribution in [0.25, 0.3) is 0 Å². The Morgan fingerprint density at radius 3 is 1.00 bits per heavy atom. The zero-order valence-corrected chi connectivity index (χ0v) is 5.54. The summed E-state index contributed by atoms with van der Waals surface area (Å²) >= 11 is 0.194. The Labute approximate surface area is 56.8 Å². The molecule has 0 N–H and O–H groups in total. The van der Waals surface area contributed by atoms with E-state index in [9.17, 15) is 0 Å². The van der Waals surface area contributed by atoms with Gasteiger partial charge < -0.3 is 0 Å². The van der Waals surface area contributed by atoms with Crippen LogP contribution in [0.15, 0.2) is 0 Å². The van der Waals surface area contributed by atoms with Crippen molar-refractivity contribution in [2.24, 2.45) is 0 Å². The Hall–Kier alpha value is 0.439. The fourth-order valence-electron chi connectivity index (χ4n) is 0. The van der Waals surface area contributed by atoms with Gasteiger partial charge >= 0.3 is 33.3 Å². The van der Waals surface area contributed by atoms with E-state index in [-0.39, 0.29) is 13.1 Å². The zero-order valence-electron chi connectivity index (χ0n) is 2.93. The zero-order chi connectivity index (χ0) is 6.71. The second kappa shape index (κ2) is 92.0. The summed E-state index contributed by atoms with van der Waals surface area (Å²) in [5.41, 5.74) is 0. The summed E-state index contributed by atoms with van der Waals surface area (Å²) in [6.07, 6.45) is 0. The molecule has 0 unspecified atom stereocenters. The Balaban J connectivity index is -0.0000000360. The van der Waals surface area contributed by atoms with Crippen LogP contribution in [0, 0.1) is 0 Å². The van der Waals surface area contributed by atoms with Gasteiger partial charge in [-0.3, -0.25) is 9.59 Å². The van der Waals surface area contributed by atoms with E-state index >= 15 is 0 Å². The summed E-state index contributed by atoms with van der Waals surface area (Å²) in [4.78, 5) is 15.0. The van der Waals surface area contributed by atoms with E-state index in [0.29, 0.717) is 0 Å². The molecule has 0 saturated carbocycles. The van der Waals surface area contributed by atoms with Crippen molar-refractivity contribution < 1.29 is 22.7 Å². The molecule has 0 aromatic carbocycles. The molecule has 0 amide bonds. The molecule has 0 saturated heterocycles. The van der Waals surface area contributed by atoms with Gasteiger partial charge in [-0.05, 0) is 0 Å². The van der Waals surface area contributed by atoms with Crippen molar-refractivity contribution in [3.63, 3.8) is 0 Å². The van der Waals surface area contributed by atoms with Gasteiger partial charge in [0.05, 0.1) is 0 Å². The van der Waals surface area contributed by atoms with Crippen molar-refractivity contribution >= 4 is 33.8 Å². The summed E-state index contributed by atoms with van der Waals surface area (Å²) < 4.78 is 0. The first kappa shape index (κ1) is 15.7. The Morgan fingerprint density at radius 1 is 1.00 bits per heavy atom. The molecule has 0 spiro atoms. The average Bonchev–Trinajstić information content (AvgIpc) is 1.78. The molecular weight excluding hydrogens is 183 g/mol. The molecule has 2 nitrogen and oxygen atoms in total. The van der Waals surface area contributed by atoms with Crippen molar-refractivity contribution in [1.29, 1.82) is 0 Å². The van der Waals surface area contributed by atoms with Crippen LogP contribution < -0.4 is 0 Å². The molecule has 0 rings (SSSR count). The topological polar surface area (TPSA) is 34.1 Å². The Bertz CT molecular complexity index is 21.2. The third kappa shape index (κ3) is 657. The van der Waals surface area contributed by atoms with Gasteiger partial charge in [0.1, 0.15) is 0 Å². The summed E-state index contributed by atoms with van der Waals surface area (Å²) in [6.45, 7) is 9.00. The molecule has 0 bridgehead atoms. The van der Waals surface area contributed by atoms with Crippen molar-refractivity contribution in [3.05, 3.63) is 0 Å². The number of rotatable bonds is 0.